The Morgan fingerprint density at radius 3 is 2.70 bits per heavy atom. The molecule has 1 fully saturated rings. The Bertz CT molecular complexity index is 997. The van der Waals surface area contributed by atoms with Gasteiger partial charge in [0.05, 0.1) is 25.3 Å². The number of phenolic OH excluding ortho intramolecular Hbond substituents is 1. The van der Waals surface area contributed by atoms with Crippen LogP contribution in [0.4, 0.5) is 0 Å². The Hall–Kier alpha value is -2.99. The zero-order valence-corrected chi connectivity index (χ0v) is 17.6. The molecule has 4 rings (SSSR count). The highest BCUT2D eigenvalue weighted by atomic mass is 16.5. The molecule has 6 nitrogen and oxygen atoms in total. The number of likely N-dealkylation sites (tertiary alicyclic amines) is 1. The molecule has 1 saturated heterocycles. The largest absolute Gasteiger partial charge is 0.507 e. The Kier molecular flexibility index (Phi) is 5.68. The van der Waals surface area contributed by atoms with E-state index in [0.717, 1.165) is 24.9 Å². The number of hydrogen-bond acceptors (Lipinski definition) is 6. The first-order chi connectivity index (χ1) is 14.5. The molecule has 0 spiro atoms. The fourth-order valence-electron chi connectivity index (χ4n) is 4.14. The van der Waals surface area contributed by atoms with Gasteiger partial charge in [-0.25, -0.2) is 0 Å². The lowest BCUT2D eigenvalue weighted by Crippen LogP contribution is -2.36. The number of fused-ring (bicyclic) bond motifs is 1. The monoisotopic (exact) mass is 409 g/mol. The third-order valence-electron chi connectivity index (χ3n) is 5.92. The number of methoxy groups -OCH3 is 2. The minimum Gasteiger partial charge on any atom is -0.507 e. The van der Waals surface area contributed by atoms with Gasteiger partial charge in [0, 0.05) is 12.6 Å². The van der Waals surface area contributed by atoms with Crippen molar-refractivity contribution in [2.45, 2.75) is 38.8 Å². The maximum atomic E-state index is 13.0. The predicted molar refractivity (Wildman–Crippen MR) is 114 cm³/mol. The molecule has 1 atom stereocenters. The number of Topliss-reactive ketones (excluding diaryl/α,β-unsaturated/α-hetero) is 1. The highest BCUT2D eigenvalue weighted by Crippen LogP contribution is 2.41. The van der Waals surface area contributed by atoms with Crippen LogP contribution in [0.2, 0.25) is 0 Å². The number of carbonyl (C=O) groups excluding carboxylic acids is 1. The molecule has 0 unspecified atom stereocenters. The number of carbonyl (C=O) groups is 1. The van der Waals surface area contributed by atoms with E-state index in [4.69, 9.17) is 14.2 Å². The third kappa shape index (κ3) is 3.75. The number of phenols is 1. The van der Waals surface area contributed by atoms with Crippen molar-refractivity contribution in [1.82, 2.24) is 4.90 Å². The van der Waals surface area contributed by atoms with Crippen molar-refractivity contribution in [3.8, 4) is 23.0 Å². The molecule has 6 heteroatoms. The normalized spacial score (nSPS) is 20.2. The molecule has 0 aliphatic carbocycles. The van der Waals surface area contributed by atoms with Crippen LogP contribution < -0.4 is 14.2 Å². The number of hydrogen-bond donors (Lipinski definition) is 1. The van der Waals surface area contributed by atoms with Crippen LogP contribution in [0, 0.1) is 0 Å². The van der Waals surface area contributed by atoms with Crippen LogP contribution in [0.25, 0.3) is 6.08 Å². The fraction of sp³-hybridized carbons (Fsp3) is 0.375. The van der Waals surface area contributed by atoms with Crippen LogP contribution >= 0.6 is 0 Å². The molecule has 2 aromatic rings. The summed E-state index contributed by atoms with van der Waals surface area (Å²) >= 11 is 0. The molecule has 0 saturated carbocycles. The van der Waals surface area contributed by atoms with Gasteiger partial charge in [0.15, 0.2) is 17.3 Å². The summed E-state index contributed by atoms with van der Waals surface area (Å²) in [5, 5.41) is 10.5. The minimum atomic E-state index is -0.187. The van der Waals surface area contributed by atoms with Gasteiger partial charge in [-0.05, 0) is 62.2 Å². The number of rotatable bonds is 5. The second kappa shape index (κ2) is 8.40. The molecular weight excluding hydrogens is 382 g/mol. The zero-order chi connectivity index (χ0) is 21.3. The van der Waals surface area contributed by atoms with E-state index in [0.29, 0.717) is 41.0 Å². The smallest absolute Gasteiger partial charge is 0.231 e. The highest BCUT2D eigenvalue weighted by Gasteiger charge is 2.32. The van der Waals surface area contributed by atoms with Crippen LogP contribution in [0.1, 0.15) is 47.7 Å². The summed E-state index contributed by atoms with van der Waals surface area (Å²) in [6.45, 7) is 3.74. The molecule has 158 valence electrons. The lowest BCUT2D eigenvalue weighted by molar-refractivity contribution is 0.101. The number of piperidine rings is 1. The first-order valence-corrected chi connectivity index (χ1v) is 10.3. The van der Waals surface area contributed by atoms with Gasteiger partial charge >= 0.3 is 0 Å². The van der Waals surface area contributed by atoms with Crippen LogP contribution in [0.3, 0.4) is 0 Å². The predicted octanol–water partition coefficient (Wildman–Crippen LogP) is 4.40. The summed E-state index contributed by atoms with van der Waals surface area (Å²) in [6.07, 6.45) is 5.20. The van der Waals surface area contributed by atoms with Crippen molar-refractivity contribution in [2.75, 3.05) is 20.8 Å². The number of allylic oxidation sites excluding steroid dienone is 1. The van der Waals surface area contributed by atoms with Gasteiger partial charge in [-0.2, -0.15) is 0 Å². The van der Waals surface area contributed by atoms with E-state index in [1.165, 1.54) is 6.42 Å². The number of aromatic hydroxyl groups is 1. The average Bonchev–Trinajstić information content (AvgIpc) is 3.07. The van der Waals surface area contributed by atoms with Crippen molar-refractivity contribution in [2.24, 2.45) is 0 Å². The van der Waals surface area contributed by atoms with Gasteiger partial charge in [-0.3, -0.25) is 9.69 Å². The van der Waals surface area contributed by atoms with Crippen molar-refractivity contribution < 1.29 is 24.1 Å². The topological polar surface area (TPSA) is 68.2 Å². The molecule has 0 aromatic heterocycles. The summed E-state index contributed by atoms with van der Waals surface area (Å²) in [7, 11) is 3.14. The fourth-order valence-corrected chi connectivity index (χ4v) is 4.14. The molecule has 0 radical (unpaired) electrons. The van der Waals surface area contributed by atoms with Crippen molar-refractivity contribution in [1.29, 1.82) is 0 Å². The first-order valence-electron chi connectivity index (χ1n) is 10.3. The van der Waals surface area contributed by atoms with E-state index in [1.807, 2.05) is 6.07 Å². The molecule has 2 aliphatic rings. The summed E-state index contributed by atoms with van der Waals surface area (Å²) in [5.41, 5.74) is 1.92. The standard InChI is InChI=1S/C24H27NO5/c1-15-6-4-5-11-25(15)14-18-19(26)9-8-17-23(27)22(30-24(17)18)13-16-7-10-20(28-2)21(12-16)29-3/h7-10,12-13,15,26H,4-6,11,14H2,1-3H3/t15-/m0/s1. The SMILES string of the molecule is COc1ccc(C=C2Oc3c(ccc(O)c3CN3CCCC[C@@H]3C)C2=O)cc1OC. The molecule has 2 aromatic carbocycles. The molecule has 2 heterocycles. The summed E-state index contributed by atoms with van der Waals surface area (Å²) in [6, 6.07) is 9.07. The first kappa shape index (κ1) is 20.3. The minimum absolute atomic E-state index is 0.159. The highest BCUT2D eigenvalue weighted by molar-refractivity contribution is 6.15. The molecule has 1 N–H and O–H groups in total. The molecular formula is C24H27NO5. The Balaban J connectivity index is 1.65. The number of nitrogens with zero attached hydrogens (tertiary/aromatic N) is 1. The van der Waals surface area contributed by atoms with Gasteiger partial charge in [-0.15, -0.1) is 0 Å². The van der Waals surface area contributed by atoms with E-state index in [9.17, 15) is 9.90 Å². The van der Waals surface area contributed by atoms with Gasteiger partial charge in [0.1, 0.15) is 11.5 Å². The van der Waals surface area contributed by atoms with Gasteiger partial charge in [0.2, 0.25) is 5.78 Å². The average molecular weight is 409 g/mol. The maximum absolute atomic E-state index is 13.0. The Morgan fingerprint density at radius 1 is 1.17 bits per heavy atom. The lowest BCUT2D eigenvalue weighted by atomic mass is 10.0. The Morgan fingerprint density at radius 2 is 1.97 bits per heavy atom. The van der Waals surface area contributed by atoms with Gasteiger partial charge in [-0.1, -0.05) is 12.5 Å². The van der Waals surface area contributed by atoms with Crippen LogP contribution in [0.5, 0.6) is 23.0 Å². The molecule has 2 aliphatic heterocycles. The summed E-state index contributed by atoms with van der Waals surface area (Å²) in [4.78, 5) is 15.3. The van der Waals surface area contributed by atoms with E-state index >= 15 is 0 Å². The summed E-state index contributed by atoms with van der Waals surface area (Å²) < 4.78 is 16.6. The van der Waals surface area contributed by atoms with E-state index in [-0.39, 0.29) is 17.3 Å². The van der Waals surface area contributed by atoms with Crippen LogP contribution in [-0.4, -0.2) is 42.6 Å². The lowest BCUT2D eigenvalue weighted by Gasteiger charge is -2.33. The van der Waals surface area contributed by atoms with E-state index in [1.54, 1.807) is 44.6 Å². The zero-order valence-electron chi connectivity index (χ0n) is 17.6. The van der Waals surface area contributed by atoms with E-state index < -0.39 is 0 Å². The molecule has 0 amide bonds. The number of ether oxygens (including phenoxy) is 3. The molecule has 30 heavy (non-hydrogen) atoms. The number of ketones is 1. The van der Waals surface area contributed by atoms with Crippen molar-refractivity contribution in [3.63, 3.8) is 0 Å². The third-order valence-corrected chi connectivity index (χ3v) is 5.92. The second-order valence-corrected chi connectivity index (χ2v) is 7.81. The van der Waals surface area contributed by atoms with E-state index in [2.05, 4.69) is 11.8 Å². The Labute approximate surface area is 176 Å². The number of benzene rings is 2. The maximum Gasteiger partial charge on any atom is 0.231 e. The quantitative estimate of drug-likeness (QED) is 0.739. The molecule has 0 bridgehead atoms. The van der Waals surface area contributed by atoms with Crippen LogP contribution in [-0.2, 0) is 6.54 Å². The van der Waals surface area contributed by atoms with Gasteiger partial charge in [0.25, 0.3) is 0 Å². The van der Waals surface area contributed by atoms with Crippen LogP contribution in [0.15, 0.2) is 36.1 Å². The second-order valence-electron chi connectivity index (χ2n) is 7.81. The summed E-state index contributed by atoms with van der Waals surface area (Å²) in [5.74, 6) is 1.86. The van der Waals surface area contributed by atoms with Crippen molar-refractivity contribution >= 4 is 11.9 Å². The van der Waals surface area contributed by atoms with Crippen molar-refractivity contribution in [3.05, 3.63) is 52.8 Å². The van der Waals surface area contributed by atoms with Gasteiger partial charge < -0.3 is 19.3 Å².